The van der Waals surface area contributed by atoms with Gasteiger partial charge < -0.3 is 9.47 Å². The van der Waals surface area contributed by atoms with Gasteiger partial charge in [0.25, 0.3) is 0 Å². The summed E-state index contributed by atoms with van der Waals surface area (Å²) in [7, 11) is 0. The molecule has 0 bridgehead atoms. The Bertz CT molecular complexity index is 1390. The summed E-state index contributed by atoms with van der Waals surface area (Å²) >= 11 is 12.5. The van der Waals surface area contributed by atoms with Crippen molar-refractivity contribution in [2.24, 2.45) is 0 Å². The van der Waals surface area contributed by atoms with Crippen LogP contribution in [0, 0.1) is 0 Å². The van der Waals surface area contributed by atoms with Crippen LogP contribution in [0.15, 0.2) is 66.7 Å². The van der Waals surface area contributed by atoms with Gasteiger partial charge in [-0.1, -0.05) is 60.5 Å². The molecule has 2 heterocycles. The number of hydrogen-bond donors (Lipinski definition) is 0. The number of carbonyl (C=O) groups is 1. The molecule has 196 valence electrons. The highest BCUT2D eigenvalue weighted by atomic mass is 35.5. The summed E-state index contributed by atoms with van der Waals surface area (Å²) in [5.74, 6) is 2.12. The van der Waals surface area contributed by atoms with Crippen molar-refractivity contribution >= 4 is 40.1 Å². The van der Waals surface area contributed by atoms with Crippen molar-refractivity contribution in [3.63, 3.8) is 0 Å². The monoisotopic (exact) mass is 545 g/mol. The zero-order valence-corrected chi connectivity index (χ0v) is 23.3. The SMILES string of the molecule is CCCC(=O)N1CCC(n2c(C3CC3)nc3ccc(C(c4ccc(Cl)cc4)c4ccc(Cl)cc4)cc32)CC1. The first-order valence-electron chi connectivity index (χ1n) is 13.8. The van der Waals surface area contributed by atoms with Gasteiger partial charge in [-0.05, 0) is 85.2 Å². The van der Waals surface area contributed by atoms with E-state index in [9.17, 15) is 4.79 Å². The average molecular weight is 547 g/mol. The van der Waals surface area contributed by atoms with Crippen molar-refractivity contribution in [2.75, 3.05) is 13.1 Å². The number of rotatable bonds is 7. The fraction of sp³-hybridized carbons (Fsp3) is 0.375. The van der Waals surface area contributed by atoms with Crippen LogP contribution >= 0.6 is 23.2 Å². The number of hydrogen-bond acceptors (Lipinski definition) is 2. The second-order valence-corrected chi connectivity index (χ2v) is 11.6. The molecule has 2 aliphatic rings. The largest absolute Gasteiger partial charge is 0.343 e. The lowest BCUT2D eigenvalue weighted by molar-refractivity contribution is -0.132. The molecular weight excluding hydrogens is 513 g/mol. The first-order valence-corrected chi connectivity index (χ1v) is 14.6. The molecule has 4 nitrogen and oxygen atoms in total. The van der Waals surface area contributed by atoms with Gasteiger partial charge in [0.1, 0.15) is 5.82 Å². The van der Waals surface area contributed by atoms with Gasteiger partial charge in [-0.2, -0.15) is 0 Å². The first-order chi connectivity index (χ1) is 18.5. The van der Waals surface area contributed by atoms with E-state index in [1.54, 1.807) is 0 Å². The van der Waals surface area contributed by atoms with Crippen molar-refractivity contribution in [1.82, 2.24) is 14.5 Å². The first kappa shape index (κ1) is 25.5. The van der Waals surface area contributed by atoms with E-state index in [0.717, 1.165) is 47.9 Å². The second-order valence-electron chi connectivity index (χ2n) is 10.8. The highest BCUT2D eigenvalue weighted by Gasteiger charge is 2.34. The number of nitrogens with zero attached hydrogens (tertiary/aromatic N) is 3. The number of carbonyl (C=O) groups excluding carboxylic acids is 1. The van der Waals surface area contributed by atoms with Crippen LogP contribution in [-0.4, -0.2) is 33.4 Å². The molecule has 6 rings (SSSR count). The molecule has 1 saturated carbocycles. The molecule has 1 aliphatic heterocycles. The van der Waals surface area contributed by atoms with Crippen molar-refractivity contribution in [3.05, 3.63) is 99.3 Å². The van der Waals surface area contributed by atoms with Gasteiger partial charge in [-0.25, -0.2) is 4.98 Å². The van der Waals surface area contributed by atoms with Crippen molar-refractivity contribution in [3.8, 4) is 0 Å². The standard InChI is InChI=1S/C32H33Cl2N3O/c1-2-3-30(38)36-18-16-27(17-19-36)37-29-20-24(10-15-28(29)35-32(37)23-4-5-23)31(21-6-11-25(33)12-7-21)22-8-13-26(34)14-9-22/h6-15,20,23,27,31H,2-5,16-19H2,1H3. The van der Waals surface area contributed by atoms with Crippen LogP contribution in [0.3, 0.4) is 0 Å². The zero-order chi connectivity index (χ0) is 26.2. The molecule has 1 aromatic heterocycles. The number of piperidine rings is 1. The lowest BCUT2D eigenvalue weighted by Gasteiger charge is -2.34. The van der Waals surface area contributed by atoms with Gasteiger partial charge in [0.15, 0.2) is 0 Å². The van der Waals surface area contributed by atoms with E-state index in [1.807, 2.05) is 24.3 Å². The fourth-order valence-corrected chi connectivity index (χ4v) is 6.21. The maximum absolute atomic E-state index is 12.5. The predicted octanol–water partition coefficient (Wildman–Crippen LogP) is 8.36. The summed E-state index contributed by atoms with van der Waals surface area (Å²) in [5.41, 5.74) is 5.86. The van der Waals surface area contributed by atoms with E-state index in [0.29, 0.717) is 24.3 Å². The van der Waals surface area contributed by atoms with Crippen molar-refractivity contribution in [1.29, 1.82) is 0 Å². The molecule has 0 atom stereocenters. The summed E-state index contributed by atoms with van der Waals surface area (Å²) in [6.07, 6.45) is 5.92. The smallest absolute Gasteiger partial charge is 0.222 e. The minimum atomic E-state index is 0.0511. The summed E-state index contributed by atoms with van der Waals surface area (Å²) in [6.45, 7) is 3.72. The number of aromatic nitrogens is 2. The molecule has 1 saturated heterocycles. The van der Waals surface area contributed by atoms with E-state index in [2.05, 4.69) is 58.9 Å². The number of likely N-dealkylation sites (tertiary alicyclic amines) is 1. The summed E-state index contributed by atoms with van der Waals surface area (Å²) < 4.78 is 2.53. The fourth-order valence-electron chi connectivity index (χ4n) is 5.95. The number of fused-ring (bicyclic) bond motifs is 1. The Morgan fingerprint density at radius 3 is 2.00 bits per heavy atom. The van der Waals surface area contributed by atoms with Crippen LogP contribution in [0.25, 0.3) is 11.0 Å². The van der Waals surface area contributed by atoms with E-state index < -0.39 is 0 Å². The molecule has 0 unspecified atom stereocenters. The summed E-state index contributed by atoms with van der Waals surface area (Å²) in [5, 5.41) is 1.46. The van der Waals surface area contributed by atoms with E-state index >= 15 is 0 Å². The van der Waals surface area contributed by atoms with E-state index in [-0.39, 0.29) is 5.92 Å². The highest BCUT2D eigenvalue weighted by Crippen LogP contribution is 2.44. The average Bonchev–Trinajstić information content (AvgIpc) is 3.71. The third-order valence-corrected chi connectivity index (χ3v) is 8.57. The molecule has 2 fully saturated rings. The molecule has 0 radical (unpaired) electrons. The predicted molar refractivity (Wildman–Crippen MR) is 155 cm³/mol. The van der Waals surface area contributed by atoms with Gasteiger partial charge in [0.05, 0.1) is 11.0 Å². The van der Waals surface area contributed by atoms with Gasteiger partial charge in [-0.15, -0.1) is 0 Å². The maximum atomic E-state index is 12.5. The van der Waals surface area contributed by atoms with Crippen molar-refractivity contribution in [2.45, 2.75) is 63.3 Å². The third-order valence-electron chi connectivity index (χ3n) is 8.07. The molecule has 1 amide bonds. The number of amides is 1. The molecule has 6 heteroatoms. The lowest BCUT2D eigenvalue weighted by atomic mass is 9.85. The van der Waals surface area contributed by atoms with Crippen LogP contribution in [0.2, 0.25) is 10.0 Å². The molecule has 0 N–H and O–H groups in total. The lowest BCUT2D eigenvalue weighted by Crippen LogP contribution is -2.39. The number of benzene rings is 3. The van der Waals surface area contributed by atoms with E-state index in [4.69, 9.17) is 28.2 Å². The maximum Gasteiger partial charge on any atom is 0.222 e. The molecule has 0 spiro atoms. The summed E-state index contributed by atoms with van der Waals surface area (Å²) in [4.78, 5) is 19.7. The zero-order valence-electron chi connectivity index (χ0n) is 21.7. The molecule has 3 aromatic carbocycles. The summed E-state index contributed by atoms with van der Waals surface area (Å²) in [6, 6.07) is 23.4. The Morgan fingerprint density at radius 1 is 0.868 bits per heavy atom. The Hall–Kier alpha value is -2.82. The quantitative estimate of drug-likeness (QED) is 0.219. The number of imidazole rings is 1. The van der Waals surface area contributed by atoms with Crippen LogP contribution in [-0.2, 0) is 4.79 Å². The molecule has 38 heavy (non-hydrogen) atoms. The van der Waals surface area contributed by atoms with Crippen LogP contribution < -0.4 is 0 Å². The van der Waals surface area contributed by atoms with E-state index in [1.165, 1.54) is 40.9 Å². The Balaban J connectivity index is 1.41. The normalized spacial score (nSPS) is 16.5. The minimum Gasteiger partial charge on any atom is -0.343 e. The van der Waals surface area contributed by atoms with Gasteiger partial charge in [0.2, 0.25) is 5.91 Å². The topological polar surface area (TPSA) is 38.1 Å². The van der Waals surface area contributed by atoms with Crippen LogP contribution in [0.1, 0.15) is 85.8 Å². The van der Waals surface area contributed by atoms with Crippen LogP contribution in [0.5, 0.6) is 0 Å². The Labute approximate surface area is 234 Å². The van der Waals surface area contributed by atoms with Gasteiger partial charge in [-0.3, -0.25) is 4.79 Å². The minimum absolute atomic E-state index is 0.0511. The van der Waals surface area contributed by atoms with Gasteiger partial charge >= 0.3 is 0 Å². The Morgan fingerprint density at radius 2 is 1.45 bits per heavy atom. The molecular formula is C32H33Cl2N3O. The third kappa shape index (κ3) is 5.09. The van der Waals surface area contributed by atoms with Crippen molar-refractivity contribution < 1.29 is 4.79 Å². The number of halogens is 2. The highest BCUT2D eigenvalue weighted by molar-refractivity contribution is 6.30. The van der Waals surface area contributed by atoms with Crippen LogP contribution in [0.4, 0.5) is 0 Å². The Kier molecular flexibility index (Phi) is 7.20. The van der Waals surface area contributed by atoms with Gasteiger partial charge in [0, 0.05) is 47.4 Å². The molecule has 4 aromatic rings. The molecule has 1 aliphatic carbocycles. The second kappa shape index (κ2) is 10.7.